The lowest BCUT2D eigenvalue weighted by atomic mass is 10.2. The topological polar surface area (TPSA) is 127 Å². The summed E-state index contributed by atoms with van der Waals surface area (Å²) in [6, 6.07) is 17.8. The highest BCUT2D eigenvalue weighted by Gasteiger charge is 2.15. The maximum Gasteiger partial charge on any atom is 0.292 e. The number of benzene rings is 2. The van der Waals surface area contributed by atoms with E-state index < -0.39 is 10.8 Å². The van der Waals surface area contributed by atoms with Crippen molar-refractivity contribution in [3.05, 3.63) is 82.4 Å². The van der Waals surface area contributed by atoms with Crippen LogP contribution in [0.2, 0.25) is 0 Å². The van der Waals surface area contributed by atoms with Crippen molar-refractivity contribution in [2.24, 2.45) is 0 Å². The highest BCUT2D eigenvalue weighted by molar-refractivity contribution is 7.99. The number of aromatic nitrogens is 2. The van der Waals surface area contributed by atoms with Crippen LogP contribution in [0.15, 0.2) is 71.8 Å². The van der Waals surface area contributed by atoms with Gasteiger partial charge in [0.05, 0.1) is 10.7 Å². The zero-order chi connectivity index (χ0) is 20.6. The predicted molar refractivity (Wildman–Crippen MR) is 109 cm³/mol. The summed E-state index contributed by atoms with van der Waals surface area (Å²) in [5.41, 5.74) is 0.455. The molecule has 0 aliphatic rings. The molecule has 0 saturated heterocycles. The molecule has 2 N–H and O–H groups in total. The summed E-state index contributed by atoms with van der Waals surface area (Å²) in [4.78, 5) is 34.6. The zero-order valence-electron chi connectivity index (χ0n) is 14.9. The molecule has 0 aliphatic carbocycles. The van der Waals surface area contributed by atoms with Gasteiger partial charge in [0.15, 0.2) is 5.82 Å². The van der Waals surface area contributed by atoms with Crippen molar-refractivity contribution in [1.29, 1.82) is 0 Å². The van der Waals surface area contributed by atoms with Gasteiger partial charge in [0.1, 0.15) is 10.7 Å². The molecule has 3 aromatic rings. The van der Waals surface area contributed by atoms with Crippen LogP contribution in [0.5, 0.6) is 0 Å². The summed E-state index contributed by atoms with van der Waals surface area (Å²) in [6.45, 7) is 0. The minimum absolute atomic E-state index is 0.00352. The van der Waals surface area contributed by atoms with Gasteiger partial charge in [0.2, 0.25) is 5.91 Å². The Bertz CT molecular complexity index is 1030. The molecule has 2 aromatic carbocycles. The smallest absolute Gasteiger partial charge is 0.292 e. The van der Waals surface area contributed by atoms with E-state index in [1.807, 2.05) is 6.07 Å². The van der Waals surface area contributed by atoms with Crippen molar-refractivity contribution in [2.75, 3.05) is 16.4 Å². The molecule has 1 aromatic heterocycles. The van der Waals surface area contributed by atoms with Gasteiger partial charge in [-0.05, 0) is 30.3 Å². The van der Waals surface area contributed by atoms with E-state index in [4.69, 9.17) is 0 Å². The van der Waals surface area contributed by atoms with Crippen LogP contribution in [0.1, 0.15) is 10.4 Å². The highest BCUT2D eigenvalue weighted by atomic mass is 32.2. The molecule has 10 heteroatoms. The molecule has 0 fully saturated rings. The molecule has 0 atom stereocenters. The Morgan fingerprint density at radius 1 is 0.931 bits per heavy atom. The predicted octanol–water partition coefficient (Wildman–Crippen LogP) is 3.37. The maximum atomic E-state index is 12.1. The number of nitrogens with one attached hydrogen (secondary N) is 2. The van der Waals surface area contributed by atoms with Gasteiger partial charge in [-0.3, -0.25) is 19.7 Å². The number of hydrogen-bond donors (Lipinski definition) is 2. The second-order valence-electron chi connectivity index (χ2n) is 5.69. The molecular weight excluding hydrogens is 394 g/mol. The fourth-order valence-corrected chi connectivity index (χ4v) is 2.92. The molecule has 0 spiro atoms. The molecule has 0 saturated carbocycles. The fourth-order valence-electron chi connectivity index (χ4n) is 2.31. The molecule has 146 valence electrons. The fraction of sp³-hybridized carbons (Fsp3) is 0.0526. The number of para-hydroxylation sites is 2. The van der Waals surface area contributed by atoms with Crippen LogP contribution in [-0.4, -0.2) is 32.7 Å². The number of hydrogen-bond acceptors (Lipinski definition) is 7. The molecule has 0 bridgehead atoms. The van der Waals surface area contributed by atoms with Gasteiger partial charge in [-0.15, -0.1) is 10.2 Å². The zero-order valence-corrected chi connectivity index (χ0v) is 15.8. The van der Waals surface area contributed by atoms with E-state index >= 15 is 0 Å². The molecule has 9 nitrogen and oxygen atoms in total. The van der Waals surface area contributed by atoms with Crippen molar-refractivity contribution < 1.29 is 14.5 Å². The molecular formula is C19H15N5O4S. The van der Waals surface area contributed by atoms with Crippen molar-refractivity contribution in [2.45, 2.75) is 5.03 Å². The number of amides is 2. The molecule has 1 heterocycles. The van der Waals surface area contributed by atoms with E-state index in [2.05, 4.69) is 20.8 Å². The molecule has 29 heavy (non-hydrogen) atoms. The number of nitrogens with zero attached hydrogens (tertiary/aromatic N) is 3. The Morgan fingerprint density at radius 3 is 2.34 bits per heavy atom. The second kappa shape index (κ2) is 9.42. The molecule has 3 rings (SSSR count). The van der Waals surface area contributed by atoms with E-state index in [9.17, 15) is 19.7 Å². The Labute approximate surface area is 169 Å². The van der Waals surface area contributed by atoms with Gasteiger partial charge in [-0.25, -0.2) is 0 Å². The summed E-state index contributed by atoms with van der Waals surface area (Å²) in [5, 5.41) is 24.5. The van der Waals surface area contributed by atoms with Gasteiger partial charge < -0.3 is 10.6 Å². The Kier molecular flexibility index (Phi) is 6.48. The van der Waals surface area contributed by atoms with E-state index in [1.165, 1.54) is 18.2 Å². The third-order valence-corrected chi connectivity index (χ3v) is 4.56. The van der Waals surface area contributed by atoms with Crippen LogP contribution >= 0.6 is 11.8 Å². The SMILES string of the molecule is O=C(CSc1ccc(NC(=O)c2ccccc2)nn1)Nc1ccccc1[N+](=O)[O-]. The van der Waals surface area contributed by atoms with Gasteiger partial charge in [-0.1, -0.05) is 42.1 Å². The van der Waals surface area contributed by atoms with E-state index in [-0.39, 0.29) is 28.9 Å². The number of carbonyl (C=O) groups excluding carboxylic acids is 2. The first kappa shape index (κ1) is 20.0. The highest BCUT2D eigenvalue weighted by Crippen LogP contribution is 2.24. The number of carbonyl (C=O) groups is 2. The number of rotatable bonds is 7. The monoisotopic (exact) mass is 409 g/mol. The lowest BCUT2D eigenvalue weighted by molar-refractivity contribution is -0.383. The number of nitro benzene ring substituents is 1. The minimum atomic E-state index is -0.559. The maximum absolute atomic E-state index is 12.1. The first-order valence-corrected chi connectivity index (χ1v) is 9.37. The second-order valence-corrected chi connectivity index (χ2v) is 6.68. The van der Waals surface area contributed by atoms with Crippen LogP contribution in [-0.2, 0) is 4.79 Å². The number of anilines is 2. The first-order chi connectivity index (χ1) is 14.0. The van der Waals surface area contributed by atoms with E-state index in [0.29, 0.717) is 10.6 Å². The van der Waals surface area contributed by atoms with Crippen molar-refractivity contribution in [1.82, 2.24) is 10.2 Å². The summed E-state index contributed by atoms with van der Waals surface area (Å²) < 4.78 is 0. The van der Waals surface area contributed by atoms with Crippen molar-refractivity contribution in [3.8, 4) is 0 Å². The van der Waals surface area contributed by atoms with Gasteiger partial charge in [0, 0.05) is 11.6 Å². The summed E-state index contributed by atoms with van der Waals surface area (Å²) >= 11 is 1.12. The Hall–Kier alpha value is -3.79. The Balaban J connectivity index is 1.53. The number of thioether (sulfide) groups is 1. The van der Waals surface area contributed by atoms with Crippen molar-refractivity contribution >= 4 is 40.8 Å². The van der Waals surface area contributed by atoms with Crippen molar-refractivity contribution in [3.63, 3.8) is 0 Å². The van der Waals surface area contributed by atoms with E-state index in [1.54, 1.807) is 42.5 Å². The minimum Gasteiger partial charge on any atom is -0.320 e. The summed E-state index contributed by atoms with van der Waals surface area (Å²) in [6.07, 6.45) is 0. The van der Waals surface area contributed by atoms with Crippen LogP contribution < -0.4 is 10.6 Å². The molecule has 0 radical (unpaired) electrons. The normalized spacial score (nSPS) is 10.2. The third kappa shape index (κ3) is 5.59. The number of nitro groups is 1. The standard InChI is InChI=1S/C19H15N5O4S/c25-17(20-14-8-4-5-9-15(14)24(27)28)12-29-18-11-10-16(22-23-18)21-19(26)13-6-2-1-3-7-13/h1-11H,12H2,(H,20,25)(H,21,22,26). The third-order valence-electron chi connectivity index (χ3n) is 3.64. The van der Waals surface area contributed by atoms with E-state index in [0.717, 1.165) is 11.8 Å². The summed E-state index contributed by atoms with van der Waals surface area (Å²) in [5.74, 6) is -0.430. The van der Waals surface area contributed by atoms with Gasteiger partial charge in [0.25, 0.3) is 11.6 Å². The summed E-state index contributed by atoms with van der Waals surface area (Å²) in [7, 11) is 0. The molecule has 2 amide bonds. The van der Waals surface area contributed by atoms with Gasteiger partial charge in [-0.2, -0.15) is 0 Å². The largest absolute Gasteiger partial charge is 0.320 e. The first-order valence-electron chi connectivity index (χ1n) is 8.39. The van der Waals surface area contributed by atoms with Crippen LogP contribution in [0, 0.1) is 10.1 Å². The lowest BCUT2D eigenvalue weighted by Gasteiger charge is -2.06. The molecule has 0 aliphatic heterocycles. The quantitative estimate of drug-likeness (QED) is 0.348. The average Bonchev–Trinajstić information content (AvgIpc) is 2.74. The van der Waals surface area contributed by atoms with Crippen LogP contribution in [0.25, 0.3) is 0 Å². The molecule has 0 unspecified atom stereocenters. The van der Waals surface area contributed by atoms with Crippen LogP contribution in [0.3, 0.4) is 0 Å². The van der Waals surface area contributed by atoms with Crippen LogP contribution in [0.4, 0.5) is 17.2 Å². The average molecular weight is 409 g/mol. The van der Waals surface area contributed by atoms with Gasteiger partial charge >= 0.3 is 0 Å². The Morgan fingerprint density at radius 2 is 1.66 bits per heavy atom. The lowest BCUT2D eigenvalue weighted by Crippen LogP contribution is -2.15.